The van der Waals surface area contributed by atoms with Crippen LogP contribution in [0, 0.1) is 10.1 Å². The van der Waals surface area contributed by atoms with Gasteiger partial charge in [0.25, 0.3) is 5.69 Å². The van der Waals surface area contributed by atoms with Crippen LogP contribution in [0.3, 0.4) is 0 Å². The van der Waals surface area contributed by atoms with Crippen LogP contribution >= 0.6 is 11.8 Å². The predicted molar refractivity (Wildman–Crippen MR) is 88.6 cm³/mol. The first-order chi connectivity index (χ1) is 11.5. The number of thioether (sulfide) groups is 1. The Labute approximate surface area is 142 Å². The van der Waals surface area contributed by atoms with Crippen LogP contribution in [0.2, 0.25) is 0 Å². The Morgan fingerprint density at radius 3 is 2.75 bits per heavy atom. The van der Waals surface area contributed by atoms with Crippen LogP contribution in [0.15, 0.2) is 46.4 Å². The number of nitro groups is 1. The quantitative estimate of drug-likeness (QED) is 0.381. The summed E-state index contributed by atoms with van der Waals surface area (Å²) in [5.41, 5.74) is 1.50. The minimum Gasteiger partial charge on any atom is -0.444 e. The van der Waals surface area contributed by atoms with Gasteiger partial charge in [-0.05, 0) is 26.0 Å². The molecule has 124 valence electrons. The number of hydrogen-bond acceptors (Lipinski definition) is 7. The molecule has 0 spiro atoms. The molecule has 0 saturated carbocycles. The zero-order chi connectivity index (χ0) is 17.1. The minimum absolute atomic E-state index is 0.0362. The second-order valence-electron chi connectivity index (χ2n) is 5.35. The first-order valence-corrected chi connectivity index (χ1v) is 8.24. The highest BCUT2D eigenvalue weighted by atomic mass is 32.2. The van der Waals surface area contributed by atoms with Crippen molar-refractivity contribution in [3.05, 3.63) is 52.7 Å². The van der Waals surface area contributed by atoms with E-state index in [0.29, 0.717) is 17.2 Å². The molecule has 0 radical (unpaired) electrons. The van der Waals surface area contributed by atoms with E-state index < -0.39 is 4.92 Å². The molecule has 0 atom stereocenters. The fraction of sp³-hybridized carbons (Fsp3) is 0.267. The van der Waals surface area contributed by atoms with Crippen molar-refractivity contribution in [3.8, 4) is 11.5 Å². The van der Waals surface area contributed by atoms with Crippen LogP contribution < -0.4 is 0 Å². The van der Waals surface area contributed by atoms with Crippen molar-refractivity contribution in [2.75, 3.05) is 0 Å². The summed E-state index contributed by atoms with van der Waals surface area (Å²) in [5.74, 6) is 1.04. The summed E-state index contributed by atoms with van der Waals surface area (Å²) in [6.45, 7) is 4.13. The highest BCUT2D eigenvalue weighted by Crippen LogP contribution is 2.26. The van der Waals surface area contributed by atoms with E-state index in [9.17, 15) is 10.1 Å². The van der Waals surface area contributed by atoms with Gasteiger partial charge in [-0.3, -0.25) is 10.1 Å². The molecule has 0 amide bonds. The first-order valence-electron chi connectivity index (χ1n) is 7.26. The van der Waals surface area contributed by atoms with Crippen molar-refractivity contribution in [3.63, 3.8) is 0 Å². The third kappa shape index (κ3) is 3.46. The molecule has 8 nitrogen and oxygen atoms in total. The number of hydrogen-bond donors (Lipinski definition) is 0. The summed E-state index contributed by atoms with van der Waals surface area (Å²) >= 11 is 1.53. The molecular weight excluding hydrogens is 330 g/mol. The van der Waals surface area contributed by atoms with E-state index in [1.807, 2.05) is 4.57 Å². The Kier molecular flexibility index (Phi) is 4.61. The summed E-state index contributed by atoms with van der Waals surface area (Å²) in [4.78, 5) is 14.7. The number of nitro benzene ring substituents is 1. The topological polar surface area (TPSA) is 99.9 Å². The van der Waals surface area contributed by atoms with Crippen LogP contribution in [0.1, 0.15) is 25.6 Å². The third-order valence-corrected chi connectivity index (χ3v) is 4.31. The van der Waals surface area contributed by atoms with Gasteiger partial charge in [0.05, 0.1) is 10.6 Å². The number of rotatable bonds is 6. The van der Waals surface area contributed by atoms with Gasteiger partial charge in [0.1, 0.15) is 12.6 Å². The van der Waals surface area contributed by atoms with Crippen molar-refractivity contribution < 1.29 is 9.34 Å². The molecule has 2 aromatic heterocycles. The highest BCUT2D eigenvalue weighted by Gasteiger charge is 2.12. The molecule has 0 saturated heterocycles. The van der Waals surface area contributed by atoms with E-state index in [0.717, 1.165) is 10.9 Å². The Hall–Kier alpha value is -2.68. The summed E-state index contributed by atoms with van der Waals surface area (Å²) in [6.07, 6.45) is 3.29. The van der Waals surface area contributed by atoms with Gasteiger partial charge in [-0.1, -0.05) is 11.8 Å². The maximum absolute atomic E-state index is 10.7. The smallest absolute Gasteiger partial charge is 0.269 e. The van der Waals surface area contributed by atoms with Crippen molar-refractivity contribution in [2.24, 2.45) is 0 Å². The van der Waals surface area contributed by atoms with Crippen LogP contribution in [0.5, 0.6) is 0 Å². The molecule has 2 heterocycles. The maximum atomic E-state index is 10.7. The van der Waals surface area contributed by atoms with Crippen molar-refractivity contribution in [1.82, 2.24) is 19.7 Å². The number of aromatic nitrogens is 4. The van der Waals surface area contributed by atoms with Gasteiger partial charge in [-0.25, -0.2) is 4.98 Å². The van der Waals surface area contributed by atoms with Crippen LogP contribution in [-0.4, -0.2) is 24.7 Å². The minimum atomic E-state index is -0.438. The fourth-order valence-electron chi connectivity index (χ4n) is 2.06. The van der Waals surface area contributed by atoms with E-state index in [1.54, 1.807) is 24.7 Å². The summed E-state index contributed by atoms with van der Waals surface area (Å²) in [7, 11) is 0. The predicted octanol–water partition coefficient (Wildman–Crippen LogP) is 3.71. The van der Waals surface area contributed by atoms with Crippen LogP contribution in [-0.2, 0) is 5.75 Å². The summed E-state index contributed by atoms with van der Waals surface area (Å²) in [6, 6.07) is 6.39. The van der Waals surface area contributed by atoms with Crippen molar-refractivity contribution in [1.29, 1.82) is 0 Å². The Bertz CT molecular complexity index is 841. The average Bonchev–Trinajstić information content (AvgIpc) is 3.22. The van der Waals surface area contributed by atoms with E-state index in [4.69, 9.17) is 4.42 Å². The van der Waals surface area contributed by atoms with Crippen molar-refractivity contribution in [2.45, 2.75) is 30.8 Å². The molecule has 0 aliphatic rings. The van der Waals surface area contributed by atoms with Gasteiger partial charge in [0.2, 0.25) is 5.89 Å². The SMILES string of the molecule is CC(C)n1cnnc1SCc1coc(-c2ccc([N+](=O)[O-])cc2)n1. The molecule has 0 aliphatic heterocycles. The molecule has 3 aromatic rings. The molecule has 0 fully saturated rings. The van der Waals surface area contributed by atoms with Crippen LogP contribution in [0.25, 0.3) is 11.5 Å². The molecule has 24 heavy (non-hydrogen) atoms. The van der Waals surface area contributed by atoms with Gasteiger partial charge in [0.15, 0.2) is 5.16 Å². The lowest BCUT2D eigenvalue weighted by Crippen LogP contribution is -2.00. The number of oxazole rings is 1. The molecule has 0 aliphatic carbocycles. The lowest BCUT2D eigenvalue weighted by Gasteiger charge is -2.08. The molecule has 9 heteroatoms. The van der Waals surface area contributed by atoms with Crippen LogP contribution in [0.4, 0.5) is 5.69 Å². The number of nitrogens with zero attached hydrogens (tertiary/aromatic N) is 5. The first kappa shape index (κ1) is 16.2. The molecule has 0 unspecified atom stereocenters. The molecule has 1 aromatic carbocycles. The summed E-state index contributed by atoms with van der Waals surface area (Å²) in [5, 5.41) is 19.5. The van der Waals surface area contributed by atoms with Gasteiger partial charge < -0.3 is 8.98 Å². The lowest BCUT2D eigenvalue weighted by molar-refractivity contribution is -0.384. The van der Waals surface area contributed by atoms with Gasteiger partial charge >= 0.3 is 0 Å². The second-order valence-corrected chi connectivity index (χ2v) is 6.29. The van der Waals surface area contributed by atoms with E-state index in [-0.39, 0.29) is 11.7 Å². The normalized spacial score (nSPS) is 11.1. The van der Waals surface area contributed by atoms with Gasteiger partial charge in [-0.2, -0.15) is 0 Å². The summed E-state index contributed by atoms with van der Waals surface area (Å²) < 4.78 is 7.45. The lowest BCUT2D eigenvalue weighted by atomic mass is 10.2. The zero-order valence-electron chi connectivity index (χ0n) is 13.1. The van der Waals surface area contributed by atoms with E-state index >= 15 is 0 Å². The molecule has 3 rings (SSSR count). The van der Waals surface area contributed by atoms with Gasteiger partial charge in [0, 0.05) is 29.5 Å². The van der Waals surface area contributed by atoms with E-state index in [2.05, 4.69) is 29.0 Å². The third-order valence-electron chi connectivity index (χ3n) is 3.32. The largest absolute Gasteiger partial charge is 0.444 e. The van der Waals surface area contributed by atoms with E-state index in [1.165, 1.54) is 23.9 Å². The fourth-order valence-corrected chi connectivity index (χ4v) is 2.98. The average molecular weight is 345 g/mol. The standard InChI is InChI=1S/C15H15N5O3S/c1-10(2)19-9-16-18-15(19)24-8-12-7-23-14(17-12)11-3-5-13(6-4-11)20(21)22/h3-7,9-10H,8H2,1-2H3. The van der Waals surface area contributed by atoms with Crippen molar-refractivity contribution >= 4 is 17.4 Å². The number of non-ortho nitro benzene ring substituents is 1. The highest BCUT2D eigenvalue weighted by molar-refractivity contribution is 7.98. The van der Waals surface area contributed by atoms with Gasteiger partial charge in [-0.15, -0.1) is 10.2 Å². The monoisotopic (exact) mass is 345 g/mol. The zero-order valence-corrected chi connectivity index (χ0v) is 13.9. The maximum Gasteiger partial charge on any atom is 0.269 e. The number of benzene rings is 1. The Morgan fingerprint density at radius 2 is 2.08 bits per heavy atom. The second kappa shape index (κ2) is 6.83. The Morgan fingerprint density at radius 1 is 1.33 bits per heavy atom. The Balaban J connectivity index is 1.69. The molecule has 0 N–H and O–H groups in total. The molecular formula is C15H15N5O3S. The molecule has 0 bridgehead atoms.